The smallest absolute Gasteiger partial charge is 0.284 e. The van der Waals surface area contributed by atoms with Crippen molar-refractivity contribution < 1.29 is 14.3 Å². The first-order valence-corrected chi connectivity index (χ1v) is 3.06. The Morgan fingerprint density at radius 2 is 2.33 bits per heavy atom. The van der Waals surface area contributed by atoms with Crippen molar-refractivity contribution >= 4 is 15.9 Å². The van der Waals surface area contributed by atoms with Gasteiger partial charge in [0.2, 0.25) is 12.0 Å². The SMILES string of the molecule is O[n+]1cccc(F)c1Br. The van der Waals surface area contributed by atoms with Gasteiger partial charge in [-0.3, -0.25) is 5.21 Å². The fraction of sp³-hybridized carbons (Fsp3) is 0. The van der Waals surface area contributed by atoms with Gasteiger partial charge in [0.1, 0.15) is 0 Å². The molecule has 1 rings (SSSR count). The molecule has 0 spiro atoms. The van der Waals surface area contributed by atoms with E-state index in [2.05, 4.69) is 15.9 Å². The number of hydrogen-bond donors (Lipinski definition) is 1. The maximum atomic E-state index is 12.4. The van der Waals surface area contributed by atoms with Gasteiger partial charge < -0.3 is 0 Å². The Labute approximate surface area is 59.6 Å². The third-order valence-corrected chi connectivity index (χ3v) is 1.61. The molecule has 0 aromatic carbocycles. The summed E-state index contributed by atoms with van der Waals surface area (Å²) in [7, 11) is 0. The van der Waals surface area contributed by atoms with Crippen LogP contribution in [0, 0.1) is 5.82 Å². The molecule has 0 saturated carbocycles. The van der Waals surface area contributed by atoms with Gasteiger partial charge in [0, 0.05) is 26.7 Å². The van der Waals surface area contributed by atoms with Crippen LogP contribution in [0.25, 0.3) is 0 Å². The number of hydrogen-bond acceptors (Lipinski definition) is 1. The largest absolute Gasteiger partial charge is 0.333 e. The minimum Gasteiger partial charge on any atom is -0.284 e. The lowest BCUT2D eigenvalue weighted by atomic mass is 10.5. The molecule has 0 saturated heterocycles. The fourth-order valence-electron chi connectivity index (χ4n) is 0.453. The summed E-state index contributed by atoms with van der Waals surface area (Å²) in [5.74, 6) is -0.486. The van der Waals surface area contributed by atoms with E-state index in [0.29, 0.717) is 4.73 Å². The van der Waals surface area contributed by atoms with Crippen LogP contribution >= 0.6 is 15.9 Å². The van der Waals surface area contributed by atoms with E-state index in [4.69, 9.17) is 5.21 Å². The van der Waals surface area contributed by atoms with Crippen LogP contribution in [0.15, 0.2) is 22.9 Å². The van der Waals surface area contributed by atoms with Crippen molar-refractivity contribution in [2.75, 3.05) is 0 Å². The molecule has 9 heavy (non-hydrogen) atoms. The summed E-state index contributed by atoms with van der Waals surface area (Å²) in [5.41, 5.74) is 0. The van der Waals surface area contributed by atoms with Gasteiger partial charge in [-0.15, -0.1) is 0 Å². The molecule has 1 aromatic heterocycles. The molecule has 0 atom stereocenters. The highest BCUT2D eigenvalue weighted by Gasteiger charge is 2.10. The van der Waals surface area contributed by atoms with E-state index >= 15 is 0 Å². The van der Waals surface area contributed by atoms with Crippen molar-refractivity contribution in [2.45, 2.75) is 0 Å². The first-order valence-electron chi connectivity index (χ1n) is 2.27. The van der Waals surface area contributed by atoms with E-state index in [0.717, 1.165) is 0 Å². The Hall–Kier alpha value is -0.640. The number of pyridine rings is 1. The molecule has 48 valence electrons. The van der Waals surface area contributed by atoms with Crippen LogP contribution in [0.4, 0.5) is 4.39 Å². The van der Waals surface area contributed by atoms with Crippen molar-refractivity contribution in [3.05, 3.63) is 28.7 Å². The maximum absolute atomic E-state index is 12.4. The molecule has 0 radical (unpaired) electrons. The molecule has 1 aromatic rings. The average Bonchev–Trinajstić information content (AvgIpc) is 1.83. The summed E-state index contributed by atoms with van der Waals surface area (Å²) in [4.78, 5) is 0. The zero-order chi connectivity index (χ0) is 6.85. The minimum absolute atomic E-state index is 0.0324. The van der Waals surface area contributed by atoms with Crippen molar-refractivity contribution in [1.29, 1.82) is 0 Å². The third kappa shape index (κ3) is 1.18. The predicted octanol–water partition coefficient (Wildman–Crippen LogP) is 1.11. The molecule has 0 aliphatic carbocycles. The van der Waals surface area contributed by atoms with Crippen LogP contribution < -0.4 is 4.73 Å². The molecule has 0 fully saturated rings. The van der Waals surface area contributed by atoms with Gasteiger partial charge in [-0.05, 0) is 6.07 Å². The minimum atomic E-state index is -0.486. The summed E-state index contributed by atoms with van der Waals surface area (Å²) >= 11 is 2.82. The second kappa shape index (κ2) is 2.31. The Bertz CT molecular complexity index is 208. The zero-order valence-corrected chi connectivity index (χ0v) is 5.97. The highest BCUT2D eigenvalue weighted by atomic mass is 79.9. The number of rotatable bonds is 0. The number of halogens is 2. The van der Waals surface area contributed by atoms with Crippen molar-refractivity contribution in [2.24, 2.45) is 0 Å². The molecule has 0 bridgehead atoms. The quantitative estimate of drug-likeness (QED) is 0.372. The van der Waals surface area contributed by atoms with Gasteiger partial charge in [0.05, 0.1) is 0 Å². The van der Waals surface area contributed by atoms with Crippen molar-refractivity contribution in [1.82, 2.24) is 0 Å². The maximum Gasteiger partial charge on any atom is 0.333 e. The van der Waals surface area contributed by atoms with Crippen LogP contribution in [0.3, 0.4) is 0 Å². The van der Waals surface area contributed by atoms with Gasteiger partial charge in [-0.1, -0.05) is 0 Å². The predicted molar refractivity (Wildman–Crippen MR) is 31.5 cm³/mol. The molecular weight excluding hydrogens is 189 g/mol. The first-order chi connectivity index (χ1) is 4.22. The molecule has 0 aliphatic rings. The molecule has 1 N–H and O–H groups in total. The molecule has 0 aliphatic heterocycles. The van der Waals surface area contributed by atoms with Crippen LogP contribution in [-0.4, -0.2) is 5.21 Å². The summed E-state index contributed by atoms with van der Waals surface area (Å²) in [6.07, 6.45) is 1.33. The summed E-state index contributed by atoms with van der Waals surface area (Å²) in [5, 5.41) is 8.73. The van der Waals surface area contributed by atoms with Gasteiger partial charge in [0.15, 0.2) is 0 Å². The second-order valence-corrected chi connectivity index (χ2v) is 2.24. The average molecular weight is 193 g/mol. The molecule has 1 heterocycles. The topological polar surface area (TPSA) is 24.1 Å². The monoisotopic (exact) mass is 192 g/mol. The third-order valence-electron chi connectivity index (χ3n) is 0.868. The lowest BCUT2D eigenvalue weighted by molar-refractivity contribution is -0.914. The van der Waals surface area contributed by atoms with E-state index in [1.807, 2.05) is 0 Å². The van der Waals surface area contributed by atoms with Crippen LogP contribution in [0.5, 0.6) is 0 Å². The van der Waals surface area contributed by atoms with Crippen LogP contribution in [0.2, 0.25) is 0 Å². The van der Waals surface area contributed by atoms with Gasteiger partial charge in [0.25, 0.3) is 0 Å². The van der Waals surface area contributed by atoms with Crippen LogP contribution in [-0.2, 0) is 0 Å². The van der Waals surface area contributed by atoms with Gasteiger partial charge in [-0.25, -0.2) is 0 Å². The Morgan fingerprint density at radius 3 is 2.78 bits per heavy atom. The zero-order valence-electron chi connectivity index (χ0n) is 4.38. The van der Waals surface area contributed by atoms with E-state index in [1.54, 1.807) is 0 Å². The van der Waals surface area contributed by atoms with Crippen molar-refractivity contribution in [3.63, 3.8) is 0 Å². The molecule has 0 unspecified atom stereocenters. The van der Waals surface area contributed by atoms with Gasteiger partial charge >= 0.3 is 4.60 Å². The summed E-state index contributed by atoms with van der Waals surface area (Å²) in [6.45, 7) is 0. The second-order valence-electron chi connectivity index (χ2n) is 1.49. The van der Waals surface area contributed by atoms with E-state index in [-0.39, 0.29) is 4.60 Å². The number of aromatic nitrogens is 1. The Balaban J connectivity index is 3.25. The molecular formula is C5H4BrFNO+. The summed E-state index contributed by atoms with van der Waals surface area (Å²) in [6, 6.07) is 2.65. The normalized spacial score (nSPS) is 9.56. The molecule has 0 amide bonds. The standard InChI is InChI=1S/C5H4BrFNO/c6-5-4(7)2-1-3-8(5)9/h1-3,9H/q+1. The lowest BCUT2D eigenvalue weighted by Crippen LogP contribution is -2.31. The Kier molecular flexibility index (Phi) is 1.66. The van der Waals surface area contributed by atoms with E-state index < -0.39 is 5.82 Å². The number of nitrogens with zero attached hydrogens (tertiary/aromatic N) is 1. The van der Waals surface area contributed by atoms with E-state index in [9.17, 15) is 4.39 Å². The highest BCUT2D eigenvalue weighted by molar-refractivity contribution is 9.10. The van der Waals surface area contributed by atoms with E-state index in [1.165, 1.54) is 18.3 Å². The van der Waals surface area contributed by atoms with Crippen molar-refractivity contribution in [3.8, 4) is 0 Å². The molecule has 2 nitrogen and oxygen atoms in total. The highest BCUT2D eigenvalue weighted by Crippen LogP contribution is 2.06. The van der Waals surface area contributed by atoms with Crippen LogP contribution in [0.1, 0.15) is 0 Å². The van der Waals surface area contributed by atoms with Gasteiger partial charge in [-0.2, -0.15) is 4.39 Å². The lowest BCUT2D eigenvalue weighted by Gasteiger charge is -1.85. The summed E-state index contributed by atoms with van der Waals surface area (Å²) < 4.78 is 13.0. The molecule has 4 heteroatoms. The first kappa shape index (κ1) is 6.48. The Morgan fingerprint density at radius 1 is 1.67 bits per heavy atom. The fourth-order valence-corrected chi connectivity index (χ4v) is 0.703.